The van der Waals surface area contributed by atoms with Gasteiger partial charge in [0, 0.05) is 12.1 Å². The summed E-state index contributed by atoms with van der Waals surface area (Å²) in [5.41, 5.74) is 5.72. The average Bonchev–Trinajstić information content (AvgIpc) is 2.88. The van der Waals surface area contributed by atoms with Crippen LogP contribution in [0.1, 0.15) is 12.8 Å². The molecule has 2 rings (SSSR count). The molecule has 0 aromatic carbocycles. The van der Waals surface area contributed by atoms with Gasteiger partial charge in [-0.3, -0.25) is 0 Å². The van der Waals surface area contributed by atoms with E-state index in [-0.39, 0.29) is 0 Å². The van der Waals surface area contributed by atoms with E-state index in [2.05, 4.69) is 9.98 Å². The minimum Gasteiger partial charge on any atom is -0.387 e. The number of amidine groups is 1. The van der Waals surface area contributed by atoms with Crippen LogP contribution in [0, 0.1) is 5.92 Å². The fourth-order valence-electron chi connectivity index (χ4n) is 1.02. The van der Waals surface area contributed by atoms with Crippen LogP contribution in [0.25, 0.3) is 0 Å². The molecule has 0 unspecified atom stereocenters. The molecule has 62 valence electrons. The van der Waals surface area contributed by atoms with Crippen LogP contribution >= 0.6 is 0 Å². The second kappa shape index (κ2) is 2.93. The van der Waals surface area contributed by atoms with E-state index in [1.165, 1.54) is 12.8 Å². The summed E-state index contributed by atoms with van der Waals surface area (Å²) >= 11 is 0. The zero-order valence-electron chi connectivity index (χ0n) is 6.77. The maximum Gasteiger partial charge on any atom is 0.153 e. The van der Waals surface area contributed by atoms with Gasteiger partial charge in [-0.1, -0.05) is 6.07 Å². The maximum absolute atomic E-state index is 5.72. The third kappa shape index (κ3) is 1.61. The monoisotopic (exact) mass is 161 g/mol. The SMILES string of the molecule is N/C(=N\c1ccccn1)C1CC1. The summed E-state index contributed by atoms with van der Waals surface area (Å²) < 4.78 is 0. The molecule has 0 bridgehead atoms. The standard InChI is InChI=1S/C9H11N3/c10-9(7-4-5-7)12-8-3-1-2-6-11-8/h1-3,6-7H,4-5H2,(H2,10,11,12). The van der Waals surface area contributed by atoms with Crippen molar-refractivity contribution in [2.45, 2.75) is 12.8 Å². The highest BCUT2D eigenvalue weighted by molar-refractivity contribution is 5.86. The molecule has 2 N–H and O–H groups in total. The second-order valence-electron chi connectivity index (χ2n) is 3.00. The first-order valence-electron chi connectivity index (χ1n) is 4.11. The van der Waals surface area contributed by atoms with Crippen molar-refractivity contribution >= 4 is 11.7 Å². The Morgan fingerprint density at radius 3 is 2.92 bits per heavy atom. The van der Waals surface area contributed by atoms with Gasteiger partial charge in [0.2, 0.25) is 0 Å². The largest absolute Gasteiger partial charge is 0.387 e. The lowest BCUT2D eigenvalue weighted by atomic mass is 10.4. The lowest BCUT2D eigenvalue weighted by Crippen LogP contribution is -2.13. The molecule has 0 aliphatic heterocycles. The van der Waals surface area contributed by atoms with Crippen molar-refractivity contribution in [1.82, 2.24) is 4.98 Å². The highest BCUT2D eigenvalue weighted by atomic mass is 15.0. The Morgan fingerprint density at radius 2 is 2.33 bits per heavy atom. The highest BCUT2D eigenvalue weighted by Crippen LogP contribution is 2.29. The summed E-state index contributed by atoms with van der Waals surface area (Å²) in [5.74, 6) is 1.96. The highest BCUT2D eigenvalue weighted by Gasteiger charge is 2.25. The van der Waals surface area contributed by atoms with Crippen LogP contribution in [0.5, 0.6) is 0 Å². The molecule has 0 radical (unpaired) electrons. The zero-order chi connectivity index (χ0) is 8.39. The van der Waals surface area contributed by atoms with Crippen molar-refractivity contribution in [2.75, 3.05) is 0 Å². The van der Waals surface area contributed by atoms with Crippen molar-refractivity contribution in [3.63, 3.8) is 0 Å². The third-order valence-corrected chi connectivity index (χ3v) is 1.89. The molecule has 3 heteroatoms. The van der Waals surface area contributed by atoms with Crippen LogP contribution in [0.2, 0.25) is 0 Å². The van der Waals surface area contributed by atoms with Crippen molar-refractivity contribution < 1.29 is 0 Å². The van der Waals surface area contributed by atoms with E-state index in [4.69, 9.17) is 5.73 Å². The number of hydrogen-bond acceptors (Lipinski definition) is 2. The summed E-state index contributed by atoms with van der Waals surface area (Å²) in [7, 11) is 0. The van der Waals surface area contributed by atoms with Gasteiger partial charge < -0.3 is 5.73 Å². The topological polar surface area (TPSA) is 51.3 Å². The van der Waals surface area contributed by atoms with Gasteiger partial charge in [-0.15, -0.1) is 0 Å². The Kier molecular flexibility index (Phi) is 1.78. The summed E-state index contributed by atoms with van der Waals surface area (Å²) in [6, 6.07) is 5.63. The average molecular weight is 161 g/mol. The number of nitrogens with zero attached hydrogens (tertiary/aromatic N) is 2. The van der Waals surface area contributed by atoms with E-state index in [1.54, 1.807) is 6.20 Å². The van der Waals surface area contributed by atoms with E-state index in [0.29, 0.717) is 11.7 Å². The summed E-state index contributed by atoms with van der Waals surface area (Å²) in [5, 5.41) is 0. The molecule has 1 heterocycles. The number of rotatable bonds is 2. The Bertz CT molecular complexity index is 288. The van der Waals surface area contributed by atoms with E-state index in [9.17, 15) is 0 Å². The lowest BCUT2D eigenvalue weighted by molar-refractivity contribution is 1.14. The molecule has 1 aliphatic rings. The fraction of sp³-hybridized carbons (Fsp3) is 0.333. The molecule has 0 saturated heterocycles. The number of pyridine rings is 1. The maximum atomic E-state index is 5.72. The molecule has 0 atom stereocenters. The molecule has 1 aliphatic carbocycles. The summed E-state index contributed by atoms with van der Waals surface area (Å²) in [4.78, 5) is 8.27. The van der Waals surface area contributed by atoms with Crippen molar-refractivity contribution in [3.8, 4) is 0 Å². The quantitative estimate of drug-likeness (QED) is 0.527. The van der Waals surface area contributed by atoms with Gasteiger partial charge >= 0.3 is 0 Å². The summed E-state index contributed by atoms with van der Waals surface area (Å²) in [6.07, 6.45) is 4.09. The molecule has 12 heavy (non-hydrogen) atoms. The van der Waals surface area contributed by atoms with Gasteiger partial charge in [-0.25, -0.2) is 9.98 Å². The normalized spacial score (nSPS) is 17.8. The van der Waals surface area contributed by atoms with Gasteiger partial charge in [-0.2, -0.15) is 0 Å². The third-order valence-electron chi connectivity index (χ3n) is 1.89. The molecule has 0 amide bonds. The molecule has 0 spiro atoms. The van der Waals surface area contributed by atoms with Crippen molar-refractivity contribution in [1.29, 1.82) is 0 Å². The van der Waals surface area contributed by atoms with Crippen molar-refractivity contribution in [2.24, 2.45) is 16.6 Å². The number of aliphatic imine (C=N–C) groups is 1. The van der Waals surface area contributed by atoms with Crippen LogP contribution in [0.4, 0.5) is 5.82 Å². The minimum atomic E-state index is 0.520. The Hall–Kier alpha value is -1.38. The molecular weight excluding hydrogens is 150 g/mol. The van der Waals surface area contributed by atoms with Crippen LogP contribution in [0.15, 0.2) is 29.4 Å². The Morgan fingerprint density at radius 1 is 1.50 bits per heavy atom. The first kappa shape index (κ1) is 7.28. The molecular formula is C9H11N3. The van der Waals surface area contributed by atoms with Crippen LogP contribution in [-0.2, 0) is 0 Å². The predicted molar refractivity (Wildman–Crippen MR) is 48.2 cm³/mol. The number of aromatic nitrogens is 1. The minimum absolute atomic E-state index is 0.520. The van der Waals surface area contributed by atoms with Gasteiger partial charge in [0.25, 0.3) is 0 Å². The predicted octanol–water partition coefficient (Wildman–Crippen LogP) is 1.48. The van der Waals surface area contributed by atoms with E-state index in [0.717, 1.165) is 5.84 Å². The lowest BCUT2D eigenvalue weighted by Gasteiger charge is -1.95. The van der Waals surface area contributed by atoms with Crippen LogP contribution < -0.4 is 5.73 Å². The van der Waals surface area contributed by atoms with Gasteiger partial charge in [0.05, 0.1) is 0 Å². The van der Waals surface area contributed by atoms with Crippen molar-refractivity contribution in [3.05, 3.63) is 24.4 Å². The van der Waals surface area contributed by atoms with E-state index >= 15 is 0 Å². The number of nitrogens with two attached hydrogens (primary N) is 1. The van der Waals surface area contributed by atoms with Gasteiger partial charge in [-0.05, 0) is 25.0 Å². The first-order valence-corrected chi connectivity index (χ1v) is 4.11. The summed E-state index contributed by atoms with van der Waals surface area (Å²) in [6.45, 7) is 0. The molecule has 3 nitrogen and oxygen atoms in total. The first-order chi connectivity index (χ1) is 5.86. The molecule has 1 aromatic rings. The molecule has 1 aromatic heterocycles. The second-order valence-corrected chi connectivity index (χ2v) is 3.00. The van der Waals surface area contributed by atoms with Crippen LogP contribution in [-0.4, -0.2) is 10.8 Å². The number of hydrogen-bond donors (Lipinski definition) is 1. The van der Waals surface area contributed by atoms with Crippen LogP contribution in [0.3, 0.4) is 0 Å². The van der Waals surface area contributed by atoms with E-state index in [1.807, 2.05) is 18.2 Å². The molecule has 1 saturated carbocycles. The Labute approximate surface area is 71.3 Å². The fourth-order valence-corrected chi connectivity index (χ4v) is 1.02. The van der Waals surface area contributed by atoms with Gasteiger partial charge in [0.15, 0.2) is 5.82 Å². The zero-order valence-corrected chi connectivity index (χ0v) is 6.77. The van der Waals surface area contributed by atoms with Gasteiger partial charge in [0.1, 0.15) is 5.84 Å². The smallest absolute Gasteiger partial charge is 0.153 e. The molecule has 1 fully saturated rings. The van der Waals surface area contributed by atoms with E-state index < -0.39 is 0 Å². The Balaban J connectivity index is 2.15.